The van der Waals surface area contributed by atoms with Crippen LogP contribution in [0, 0.1) is 0 Å². The summed E-state index contributed by atoms with van der Waals surface area (Å²) in [6.45, 7) is 2.56. The molecular formula is C12H21N3O. The van der Waals surface area contributed by atoms with Gasteiger partial charge in [-0.3, -0.25) is 4.79 Å². The number of carbonyl (C=O) groups excluding carboxylic acids is 1. The van der Waals surface area contributed by atoms with E-state index in [1.807, 2.05) is 24.0 Å². The molecule has 4 heteroatoms. The van der Waals surface area contributed by atoms with E-state index in [2.05, 4.69) is 23.6 Å². The van der Waals surface area contributed by atoms with Gasteiger partial charge in [-0.15, -0.1) is 0 Å². The first kappa shape index (κ1) is 12.8. The number of hydrogen-bond donors (Lipinski definition) is 2. The Morgan fingerprint density at radius 2 is 2.25 bits per heavy atom. The molecule has 1 aromatic heterocycles. The molecule has 0 radical (unpaired) electrons. The van der Waals surface area contributed by atoms with Crippen LogP contribution in [0.4, 0.5) is 0 Å². The molecule has 1 atom stereocenters. The van der Waals surface area contributed by atoms with E-state index in [0.717, 1.165) is 12.8 Å². The Balaban J connectivity index is 2.65. The minimum Gasteiger partial charge on any atom is -0.358 e. The van der Waals surface area contributed by atoms with Gasteiger partial charge in [0.05, 0.1) is 0 Å². The zero-order valence-electron chi connectivity index (χ0n) is 10.3. The second-order valence-corrected chi connectivity index (χ2v) is 3.92. The Kier molecular flexibility index (Phi) is 5.05. The predicted octanol–water partition coefficient (Wildman–Crippen LogP) is 1.29. The molecule has 90 valence electrons. The summed E-state index contributed by atoms with van der Waals surface area (Å²) in [6, 6.07) is 2.45. The van der Waals surface area contributed by atoms with Crippen LogP contribution in [-0.4, -0.2) is 24.6 Å². The van der Waals surface area contributed by atoms with Crippen molar-refractivity contribution in [2.75, 3.05) is 14.1 Å². The first-order valence-corrected chi connectivity index (χ1v) is 5.74. The number of amides is 1. The molecule has 1 heterocycles. The van der Waals surface area contributed by atoms with Gasteiger partial charge in [-0.05, 0) is 25.1 Å². The summed E-state index contributed by atoms with van der Waals surface area (Å²) >= 11 is 0. The molecule has 1 aromatic rings. The third kappa shape index (κ3) is 3.38. The maximum atomic E-state index is 11.2. The van der Waals surface area contributed by atoms with E-state index >= 15 is 0 Å². The minimum atomic E-state index is 0.0265. The smallest absolute Gasteiger partial charge is 0.239 e. The molecular weight excluding hydrogens is 202 g/mol. The second kappa shape index (κ2) is 6.33. The van der Waals surface area contributed by atoms with Crippen LogP contribution in [0.3, 0.4) is 0 Å². The highest BCUT2D eigenvalue weighted by atomic mass is 16.1. The fraction of sp³-hybridized carbons (Fsp3) is 0.583. The lowest BCUT2D eigenvalue weighted by Gasteiger charge is -2.13. The van der Waals surface area contributed by atoms with Crippen LogP contribution in [-0.2, 0) is 11.3 Å². The van der Waals surface area contributed by atoms with Crippen LogP contribution in [0.25, 0.3) is 0 Å². The van der Waals surface area contributed by atoms with E-state index in [9.17, 15) is 4.79 Å². The zero-order valence-corrected chi connectivity index (χ0v) is 10.3. The predicted molar refractivity (Wildman–Crippen MR) is 65.2 cm³/mol. The number of aromatic nitrogens is 1. The van der Waals surface area contributed by atoms with Gasteiger partial charge in [-0.2, -0.15) is 0 Å². The average Bonchev–Trinajstić information content (AvgIpc) is 2.74. The van der Waals surface area contributed by atoms with Crippen molar-refractivity contribution in [1.82, 2.24) is 15.2 Å². The van der Waals surface area contributed by atoms with E-state index < -0.39 is 0 Å². The second-order valence-electron chi connectivity index (χ2n) is 3.92. The maximum Gasteiger partial charge on any atom is 0.239 e. The SMILES string of the molecule is CCCC(NC)c1ccn(CC(=O)NC)c1. The minimum absolute atomic E-state index is 0.0265. The topological polar surface area (TPSA) is 46.1 Å². The van der Waals surface area contributed by atoms with Gasteiger partial charge in [0.25, 0.3) is 0 Å². The van der Waals surface area contributed by atoms with Crippen molar-refractivity contribution in [3.63, 3.8) is 0 Å². The van der Waals surface area contributed by atoms with E-state index in [1.165, 1.54) is 5.56 Å². The monoisotopic (exact) mass is 223 g/mol. The summed E-state index contributed by atoms with van der Waals surface area (Å²) in [5.41, 5.74) is 1.24. The van der Waals surface area contributed by atoms with Gasteiger partial charge in [0.15, 0.2) is 0 Å². The molecule has 1 amide bonds. The van der Waals surface area contributed by atoms with Crippen molar-refractivity contribution in [2.45, 2.75) is 32.4 Å². The molecule has 16 heavy (non-hydrogen) atoms. The van der Waals surface area contributed by atoms with Crippen molar-refractivity contribution < 1.29 is 4.79 Å². The molecule has 0 aliphatic carbocycles. The van der Waals surface area contributed by atoms with Crippen molar-refractivity contribution in [3.05, 3.63) is 24.0 Å². The molecule has 1 unspecified atom stereocenters. The summed E-state index contributed by atoms with van der Waals surface area (Å²) in [4.78, 5) is 11.2. The Hall–Kier alpha value is -1.29. The molecule has 0 fully saturated rings. The van der Waals surface area contributed by atoms with Crippen LogP contribution in [0.15, 0.2) is 18.5 Å². The molecule has 0 aliphatic heterocycles. The van der Waals surface area contributed by atoms with Crippen molar-refractivity contribution in [1.29, 1.82) is 0 Å². The van der Waals surface area contributed by atoms with Gasteiger partial charge in [0.1, 0.15) is 6.54 Å². The van der Waals surface area contributed by atoms with E-state index in [0.29, 0.717) is 12.6 Å². The molecule has 2 N–H and O–H groups in total. The normalized spacial score (nSPS) is 12.4. The number of rotatable bonds is 6. The Morgan fingerprint density at radius 3 is 2.81 bits per heavy atom. The third-order valence-corrected chi connectivity index (χ3v) is 2.71. The highest BCUT2D eigenvalue weighted by Crippen LogP contribution is 2.18. The molecule has 1 rings (SSSR count). The van der Waals surface area contributed by atoms with Crippen LogP contribution in [0.2, 0.25) is 0 Å². The number of nitrogens with one attached hydrogen (secondary N) is 2. The van der Waals surface area contributed by atoms with Crippen molar-refractivity contribution in [3.8, 4) is 0 Å². The van der Waals surface area contributed by atoms with Crippen LogP contribution < -0.4 is 10.6 Å². The summed E-state index contributed by atoms with van der Waals surface area (Å²) < 4.78 is 1.91. The number of likely N-dealkylation sites (N-methyl/N-ethyl adjacent to an activating group) is 1. The van der Waals surface area contributed by atoms with Gasteiger partial charge >= 0.3 is 0 Å². The molecule has 0 saturated heterocycles. The summed E-state index contributed by atoms with van der Waals surface area (Å²) in [5.74, 6) is 0.0265. The van der Waals surface area contributed by atoms with Gasteiger partial charge in [0, 0.05) is 25.5 Å². The van der Waals surface area contributed by atoms with Gasteiger partial charge < -0.3 is 15.2 Å². The lowest BCUT2D eigenvalue weighted by molar-refractivity contribution is -0.121. The average molecular weight is 223 g/mol. The molecule has 0 aromatic carbocycles. The standard InChI is InChI=1S/C12H21N3O/c1-4-5-11(13-2)10-6-7-15(8-10)9-12(16)14-3/h6-8,11,13H,4-5,9H2,1-3H3,(H,14,16). The largest absolute Gasteiger partial charge is 0.358 e. The van der Waals surface area contributed by atoms with E-state index in [1.54, 1.807) is 7.05 Å². The molecule has 0 bridgehead atoms. The summed E-state index contributed by atoms with van der Waals surface area (Å²) in [7, 11) is 3.62. The van der Waals surface area contributed by atoms with E-state index in [-0.39, 0.29) is 5.91 Å². The Labute approximate surface area is 97.0 Å². The molecule has 0 saturated carbocycles. The van der Waals surface area contributed by atoms with Gasteiger partial charge in [-0.25, -0.2) is 0 Å². The fourth-order valence-corrected chi connectivity index (χ4v) is 1.78. The maximum absolute atomic E-state index is 11.2. The molecule has 0 spiro atoms. The van der Waals surface area contributed by atoms with Crippen LogP contribution >= 0.6 is 0 Å². The lowest BCUT2D eigenvalue weighted by atomic mass is 10.1. The lowest BCUT2D eigenvalue weighted by Crippen LogP contribution is -2.22. The fourth-order valence-electron chi connectivity index (χ4n) is 1.78. The van der Waals surface area contributed by atoms with Gasteiger partial charge in [-0.1, -0.05) is 13.3 Å². The summed E-state index contributed by atoms with van der Waals surface area (Å²) in [5, 5.41) is 5.90. The van der Waals surface area contributed by atoms with E-state index in [4.69, 9.17) is 0 Å². The first-order valence-electron chi connectivity index (χ1n) is 5.74. The Morgan fingerprint density at radius 1 is 1.50 bits per heavy atom. The van der Waals surface area contributed by atoms with Crippen molar-refractivity contribution >= 4 is 5.91 Å². The molecule has 4 nitrogen and oxygen atoms in total. The number of hydrogen-bond acceptors (Lipinski definition) is 2. The first-order chi connectivity index (χ1) is 7.71. The van der Waals surface area contributed by atoms with Crippen LogP contribution in [0.1, 0.15) is 31.4 Å². The number of carbonyl (C=O) groups is 1. The highest BCUT2D eigenvalue weighted by molar-refractivity contribution is 5.75. The quantitative estimate of drug-likeness (QED) is 0.763. The van der Waals surface area contributed by atoms with Crippen LogP contribution in [0.5, 0.6) is 0 Å². The zero-order chi connectivity index (χ0) is 12.0. The Bertz CT molecular complexity index is 333. The number of nitrogens with zero attached hydrogens (tertiary/aromatic N) is 1. The third-order valence-electron chi connectivity index (χ3n) is 2.71. The van der Waals surface area contributed by atoms with Gasteiger partial charge in [0.2, 0.25) is 5.91 Å². The molecule has 0 aliphatic rings. The van der Waals surface area contributed by atoms with Crippen molar-refractivity contribution in [2.24, 2.45) is 0 Å². The highest BCUT2D eigenvalue weighted by Gasteiger charge is 2.09. The summed E-state index contributed by atoms with van der Waals surface area (Å²) in [6.07, 6.45) is 6.24.